The first-order chi connectivity index (χ1) is 14.6. The summed E-state index contributed by atoms with van der Waals surface area (Å²) < 4.78 is 5.58. The number of hydrogen-bond acceptors (Lipinski definition) is 4. The highest BCUT2D eigenvalue weighted by Crippen LogP contribution is 2.32. The van der Waals surface area contributed by atoms with E-state index in [-0.39, 0.29) is 12.5 Å². The molecule has 2 aromatic carbocycles. The molecule has 0 bridgehead atoms. The van der Waals surface area contributed by atoms with Crippen LogP contribution in [-0.4, -0.2) is 22.6 Å². The minimum absolute atomic E-state index is 0.0902. The molecule has 0 atom stereocenters. The molecule has 0 aliphatic heterocycles. The summed E-state index contributed by atoms with van der Waals surface area (Å²) in [6.45, 7) is 0.0902. The molecular weight excluding hydrogens is 400 g/mol. The molecule has 0 unspecified atom stereocenters. The van der Waals surface area contributed by atoms with Crippen LogP contribution in [0.5, 0.6) is 0 Å². The summed E-state index contributed by atoms with van der Waals surface area (Å²) in [4.78, 5) is 17.3. The molecule has 150 valence electrons. The van der Waals surface area contributed by atoms with Crippen molar-refractivity contribution in [2.24, 2.45) is 0 Å². The molecule has 0 aliphatic rings. The molecule has 6 heteroatoms. The minimum atomic E-state index is -0.270. The summed E-state index contributed by atoms with van der Waals surface area (Å²) in [5, 5.41) is 12.5. The van der Waals surface area contributed by atoms with E-state index < -0.39 is 0 Å². The zero-order valence-electron chi connectivity index (χ0n) is 16.0. The molecule has 0 fully saturated rings. The van der Waals surface area contributed by atoms with E-state index in [0.29, 0.717) is 39.7 Å². The zero-order chi connectivity index (χ0) is 20.9. The molecule has 2 N–H and O–H groups in total. The predicted molar refractivity (Wildman–Crippen MR) is 118 cm³/mol. The average Bonchev–Trinajstić information content (AvgIpc) is 3.30. The highest BCUT2D eigenvalue weighted by Gasteiger charge is 2.16. The fourth-order valence-electron chi connectivity index (χ4n) is 3.13. The minimum Gasteiger partial charge on any atom is -0.464 e. The van der Waals surface area contributed by atoms with Crippen LogP contribution in [0.2, 0.25) is 5.02 Å². The van der Waals surface area contributed by atoms with E-state index in [1.54, 1.807) is 36.7 Å². The molecule has 4 aromatic rings. The van der Waals surface area contributed by atoms with Crippen LogP contribution < -0.4 is 5.32 Å². The predicted octanol–water partition coefficient (Wildman–Crippen LogP) is 5.45. The number of anilines is 1. The van der Waals surface area contributed by atoms with Gasteiger partial charge in [0.25, 0.3) is 5.91 Å². The third-order valence-corrected chi connectivity index (χ3v) is 4.92. The monoisotopic (exact) mass is 418 g/mol. The zero-order valence-corrected chi connectivity index (χ0v) is 16.8. The first-order valence-electron chi connectivity index (χ1n) is 9.45. The van der Waals surface area contributed by atoms with Gasteiger partial charge in [0.15, 0.2) is 0 Å². The fourth-order valence-corrected chi connectivity index (χ4v) is 3.26. The second kappa shape index (κ2) is 8.95. The maximum Gasteiger partial charge on any atom is 0.257 e. The summed E-state index contributed by atoms with van der Waals surface area (Å²) in [6, 6.07) is 20.1. The Balaban J connectivity index is 1.64. The molecule has 5 nitrogen and oxygen atoms in total. The molecule has 0 aliphatic carbocycles. The van der Waals surface area contributed by atoms with Crippen molar-refractivity contribution >= 4 is 23.2 Å². The van der Waals surface area contributed by atoms with Gasteiger partial charge in [0.05, 0.1) is 17.5 Å². The second-order valence-corrected chi connectivity index (χ2v) is 7.17. The summed E-state index contributed by atoms with van der Waals surface area (Å²) >= 11 is 6.01. The quantitative estimate of drug-likeness (QED) is 0.436. The van der Waals surface area contributed by atoms with Crippen molar-refractivity contribution in [1.29, 1.82) is 0 Å². The molecule has 0 radical (unpaired) electrons. The van der Waals surface area contributed by atoms with E-state index in [0.717, 1.165) is 11.1 Å². The Morgan fingerprint density at radius 1 is 1.07 bits per heavy atom. The summed E-state index contributed by atoms with van der Waals surface area (Å²) in [5.41, 5.74) is 4.38. The van der Waals surface area contributed by atoms with E-state index in [4.69, 9.17) is 21.1 Å². The van der Waals surface area contributed by atoms with Crippen molar-refractivity contribution < 1.29 is 14.3 Å². The first-order valence-corrected chi connectivity index (χ1v) is 9.83. The van der Waals surface area contributed by atoms with Crippen LogP contribution in [0.1, 0.15) is 15.9 Å². The van der Waals surface area contributed by atoms with Gasteiger partial charge in [-0.05, 0) is 54.4 Å². The molecule has 2 heterocycles. The molecule has 30 heavy (non-hydrogen) atoms. The van der Waals surface area contributed by atoms with E-state index >= 15 is 0 Å². The Labute approximate surface area is 179 Å². The molecular formula is C24H19ClN2O3. The summed E-state index contributed by atoms with van der Waals surface area (Å²) in [6.07, 6.45) is 3.71. The van der Waals surface area contributed by atoms with Gasteiger partial charge in [0, 0.05) is 34.6 Å². The Bertz CT molecular complexity index is 1140. The smallest absolute Gasteiger partial charge is 0.257 e. The molecule has 2 aromatic heterocycles. The van der Waals surface area contributed by atoms with Gasteiger partial charge in [0.1, 0.15) is 5.76 Å². The molecule has 0 spiro atoms. The lowest BCUT2D eigenvalue weighted by molar-refractivity contribution is 0.102. The number of amides is 1. The number of rotatable bonds is 6. The summed E-state index contributed by atoms with van der Waals surface area (Å²) in [7, 11) is 0. The number of nitrogens with zero attached hydrogens (tertiary/aromatic N) is 1. The van der Waals surface area contributed by atoms with Crippen LogP contribution in [0.15, 0.2) is 83.6 Å². The Morgan fingerprint density at radius 3 is 2.50 bits per heavy atom. The van der Waals surface area contributed by atoms with Gasteiger partial charge < -0.3 is 14.8 Å². The number of nitrogens with one attached hydrogen (secondary N) is 1. The van der Waals surface area contributed by atoms with Crippen molar-refractivity contribution in [1.82, 2.24) is 4.98 Å². The number of aromatic nitrogens is 1. The van der Waals surface area contributed by atoms with E-state index in [9.17, 15) is 4.79 Å². The van der Waals surface area contributed by atoms with Gasteiger partial charge in [-0.1, -0.05) is 35.9 Å². The van der Waals surface area contributed by atoms with E-state index in [1.165, 1.54) is 0 Å². The number of carbonyl (C=O) groups is 1. The number of aliphatic hydroxyl groups excluding tert-OH is 1. The average molecular weight is 419 g/mol. The standard InChI is InChI=1S/C24H19ClN2O3/c25-19-7-5-17(6-8-19)23-21(22-2-1-13-30-22)14-18(15-26-23)24(29)27-20-9-3-16(4-10-20)11-12-28/h1-10,13-15,28H,11-12H2,(H,27,29). The second-order valence-electron chi connectivity index (χ2n) is 6.73. The number of carbonyl (C=O) groups excluding carboxylic acids is 1. The van der Waals surface area contributed by atoms with Gasteiger partial charge in [0.2, 0.25) is 0 Å². The Hall–Kier alpha value is -3.41. The van der Waals surface area contributed by atoms with E-state index in [2.05, 4.69) is 10.3 Å². The van der Waals surface area contributed by atoms with Crippen molar-refractivity contribution in [2.75, 3.05) is 11.9 Å². The first kappa shape index (κ1) is 19.9. The number of benzene rings is 2. The number of aliphatic hydroxyl groups is 1. The van der Waals surface area contributed by atoms with Gasteiger partial charge in [-0.25, -0.2) is 0 Å². The van der Waals surface area contributed by atoms with Crippen LogP contribution in [0.3, 0.4) is 0 Å². The van der Waals surface area contributed by atoms with Gasteiger partial charge >= 0.3 is 0 Å². The SMILES string of the molecule is O=C(Nc1ccc(CCO)cc1)c1cnc(-c2ccc(Cl)cc2)c(-c2ccco2)c1. The van der Waals surface area contributed by atoms with Crippen LogP contribution in [-0.2, 0) is 6.42 Å². The number of pyridine rings is 1. The summed E-state index contributed by atoms with van der Waals surface area (Å²) in [5.74, 6) is 0.350. The largest absolute Gasteiger partial charge is 0.464 e. The van der Waals surface area contributed by atoms with Crippen LogP contribution in [0, 0.1) is 0 Å². The molecule has 4 rings (SSSR count). The normalized spacial score (nSPS) is 10.7. The lowest BCUT2D eigenvalue weighted by Gasteiger charge is -2.11. The topological polar surface area (TPSA) is 75.4 Å². The molecule has 0 saturated carbocycles. The van der Waals surface area contributed by atoms with Crippen LogP contribution in [0.25, 0.3) is 22.6 Å². The van der Waals surface area contributed by atoms with E-state index in [1.807, 2.05) is 42.5 Å². The van der Waals surface area contributed by atoms with Crippen LogP contribution in [0.4, 0.5) is 5.69 Å². The molecule has 1 amide bonds. The maximum absolute atomic E-state index is 12.8. The van der Waals surface area contributed by atoms with Crippen LogP contribution >= 0.6 is 11.6 Å². The third-order valence-electron chi connectivity index (χ3n) is 4.67. The van der Waals surface area contributed by atoms with Crippen molar-refractivity contribution in [2.45, 2.75) is 6.42 Å². The highest BCUT2D eigenvalue weighted by atomic mass is 35.5. The lowest BCUT2D eigenvalue weighted by Crippen LogP contribution is -2.12. The van der Waals surface area contributed by atoms with Crippen molar-refractivity contribution in [3.8, 4) is 22.6 Å². The van der Waals surface area contributed by atoms with Crippen molar-refractivity contribution in [3.05, 3.63) is 95.3 Å². The Kier molecular flexibility index (Phi) is 5.93. The number of hydrogen-bond donors (Lipinski definition) is 2. The van der Waals surface area contributed by atoms with Gasteiger partial charge in [-0.3, -0.25) is 9.78 Å². The van der Waals surface area contributed by atoms with Gasteiger partial charge in [-0.2, -0.15) is 0 Å². The fraction of sp³-hybridized carbons (Fsp3) is 0.0833. The highest BCUT2D eigenvalue weighted by molar-refractivity contribution is 6.30. The Morgan fingerprint density at radius 2 is 1.83 bits per heavy atom. The maximum atomic E-state index is 12.8. The lowest BCUT2D eigenvalue weighted by atomic mass is 10.0. The number of halogens is 1. The number of furan rings is 1. The van der Waals surface area contributed by atoms with Crippen molar-refractivity contribution in [3.63, 3.8) is 0 Å². The third kappa shape index (κ3) is 4.43. The molecule has 0 saturated heterocycles. The van der Waals surface area contributed by atoms with Gasteiger partial charge in [-0.15, -0.1) is 0 Å².